The van der Waals surface area contributed by atoms with E-state index in [1.54, 1.807) is 0 Å². The van der Waals surface area contributed by atoms with Crippen molar-refractivity contribution in [1.29, 1.82) is 0 Å². The molecule has 1 N–H and O–H groups in total. The van der Waals surface area contributed by atoms with Gasteiger partial charge in [0.15, 0.2) is 0 Å². The molecule has 0 aromatic rings. The van der Waals surface area contributed by atoms with Crippen LogP contribution in [0.25, 0.3) is 0 Å². The fourth-order valence-electron chi connectivity index (χ4n) is 3.51. The van der Waals surface area contributed by atoms with E-state index in [1.807, 2.05) is 7.05 Å². The zero-order valence-corrected chi connectivity index (χ0v) is 11.5. The van der Waals surface area contributed by atoms with Gasteiger partial charge in [-0.2, -0.15) is 0 Å². The molecule has 0 bridgehead atoms. The molecule has 1 aliphatic rings. The van der Waals surface area contributed by atoms with Gasteiger partial charge in [-0.15, -0.1) is 0 Å². The number of nitrogens with one attached hydrogen (secondary N) is 1. The Balaban J connectivity index is 3.12. The van der Waals surface area contributed by atoms with Crippen molar-refractivity contribution in [2.24, 2.45) is 22.7 Å². The first-order valence-corrected chi connectivity index (χ1v) is 6.33. The summed E-state index contributed by atoms with van der Waals surface area (Å²) in [5.74, 6) is 4.82. The van der Waals surface area contributed by atoms with Crippen LogP contribution >= 0.6 is 0 Å². The second-order valence-corrected chi connectivity index (χ2v) is 5.36. The minimum atomic E-state index is 0.0909. The van der Waals surface area contributed by atoms with Crippen molar-refractivity contribution in [3.8, 4) is 12.0 Å². The zero-order chi connectivity index (χ0) is 12.4. The van der Waals surface area contributed by atoms with Crippen molar-refractivity contribution in [1.82, 2.24) is 5.32 Å². The van der Waals surface area contributed by atoms with Gasteiger partial charge in [0.1, 0.15) is 0 Å². The molecule has 0 spiro atoms. The molecule has 0 aromatic carbocycles. The molecule has 1 heteroatoms. The molecule has 0 aliphatic heterocycles. The molecule has 0 amide bonds. The van der Waals surface area contributed by atoms with Crippen molar-refractivity contribution in [2.45, 2.75) is 41.0 Å². The van der Waals surface area contributed by atoms with Crippen LogP contribution in [0, 0.1) is 34.6 Å². The van der Waals surface area contributed by atoms with E-state index < -0.39 is 0 Å². The lowest BCUT2D eigenvalue weighted by Crippen LogP contribution is -2.07. The summed E-state index contributed by atoms with van der Waals surface area (Å²) in [7, 11) is 1.88. The smallest absolute Gasteiger partial charge is 0.0605 e. The van der Waals surface area contributed by atoms with E-state index in [0.717, 1.165) is 0 Å². The molecular weight excluding hydrogens is 194 g/mol. The summed E-state index contributed by atoms with van der Waals surface area (Å²) in [6.07, 6.45) is 5.66. The largest absolute Gasteiger partial charge is 0.349 e. The Bertz CT molecular complexity index is 331. The minimum Gasteiger partial charge on any atom is -0.349 e. The second kappa shape index (κ2) is 4.53. The SMILES string of the molecule is C/C=C\C1(C#CNC)C(C(C)C)C1(C)CC. The zero-order valence-electron chi connectivity index (χ0n) is 11.5. The Labute approximate surface area is 101 Å². The summed E-state index contributed by atoms with van der Waals surface area (Å²) in [4.78, 5) is 0. The summed E-state index contributed by atoms with van der Waals surface area (Å²) in [5.41, 5.74) is 0.436. The van der Waals surface area contributed by atoms with E-state index in [1.165, 1.54) is 6.42 Å². The number of hydrogen-bond donors (Lipinski definition) is 1. The number of allylic oxidation sites excluding steroid dienone is 2. The maximum absolute atomic E-state index is 3.45. The van der Waals surface area contributed by atoms with Crippen LogP contribution in [0.4, 0.5) is 0 Å². The highest BCUT2D eigenvalue weighted by molar-refractivity contribution is 5.39. The normalized spacial score (nSPS) is 37.3. The Morgan fingerprint density at radius 1 is 1.44 bits per heavy atom. The maximum atomic E-state index is 3.45. The van der Waals surface area contributed by atoms with Gasteiger partial charge in [0, 0.05) is 13.1 Å². The summed E-state index contributed by atoms with van der Waals surface area (Å²) < 4.78 is 0. The quantitative estimate of drug-likeness (QED) is 0.435. The molecule has 1 rings (SSSR count). The highest BCUT2D eigenvalue weighted by Crippen LogP contribution is 2.73. The Morgan fingerprint density at radius 3 is 2.38 bits per heavy atom. The van der Waals surface area contributed by atoms with E-state index >= 15 is 0 Å². The van der Waals surface area contributed by atoms with Crippen LogP contribution in [0.5, 0.6) is 0 Å². The van der Waals surface area contributed by atoms with Gasteiger partial charge in [0.2, 0.25) is 0 Å². The number of hydrogen-bond acceptors (Lipinski definition) is 1. The van der Waals surface area contributed by atoms with Crippen molar-refractivity contribution in [3.05, 3.63) is 12.2 Å². The standard InChI is InChI=1S/C15H25N/c1-7-9-15(10-11-16-6)13(12(3)4)14(15,5)8-2/h7,9,12-13,16H,8H2,1-6H3/b9-7-. The van der Waals surface area contributed by atoms with Crippen molar-refractivity contribution >= 4 is 0 Å². The van der Waals surface area contributed by atoms with Gasteiger partial charge >= 0.3 is 0 Å². The Morgan fingerprint density at radius 2 is 2.06 bits per heavy atom. The first kappa shape index (κ1) is 13.2. The summed E-state index contributed by atoms with van der Waals surface area (Å²) >= 11 is 0. The van der Waals surface area contributed by atoms with Crippen molar-refractivity contribution in [3.63, 3.8) is 0 Å². The van der Waals surface area contributed by atoms with E-state index in [2.05, 4.69) is 64.1 Å². The van der Waals surface area contributed by atoms with Gasteiger partial charge in [0.25, 0.3) is 0 Å². The second-order valence-electron chi connectivity index (χ2n) is 5.36. The monoisotopic (exact) mass is 219 g/mol. The third-order valence-corrected chi connectivity index (χ3v) is 4.26. The first-order valence-electron chi connectivity index (χ1n) is 6.33. The van der Waals surface area contributed by atoms with Crippen LogP contribution in [0.3, 0.4) is 0 Å². The molecule has 3 atom stereocenters. The first-order chi connectivity index (χ1) is 7.50. The predicted molar refractivity (Wildman–Crippen MR) is 70.8 cm³/mol. The molecule has 1 saturated carbocycles. The van der Waals surface area contributed by atoms with Gasteiger partial charge in [-0.3, -0.25) is 0 Å². The molecule has 0 radical (unpaired) electrons. The summed E-state index contributed by atoms with van der Waals surface area (Å²) in [6.45, 7) is 11.4. The van der Waals surface area contributed by atoms with Crippen molar-refractivity contribution in [2.75, 3.05) is 7.05 Å². The topological polar surface area (TPSA) is 12.0 Å². The van der Waals surface area contributed by atoms with E-state index in [-0.39, 0.29) is 5.41 Å². The average molecular weight is 219 g/mol. The summed E-state index contributed by atoms with van der Waals surface area (Å²) in [6, 6.07) is 3.06. The molecule has 1 fully saturated rings. The molecule has 0 saturated heterocycles. The van der Waals surface area contributed by atoms with Crippen LogP contribution < -0.4 is 5.32 Å². The highest BCUT2D eigenvalue weighted by atomic mass is 14.8. The lowest BCUT2D eigenvalue weighted by atomic mass is 9.92. The number of rotatable bonds is 3. The molecule has 3 unspecified atom stereocenters. The Kier molecular flexibility index (Phi) is 3.73. The predicted octanol–water partition coefficient (Wildman–Crippen LogP) is 3.43. The third kappa shape index (κ3) is 1.65. The highest BCUT2D eigenvalue weighted by Gasteiger charge is 2.71. The molecule has 0 heterocycles. The van der Waals surface area contributed by atoms with Crippen LogP contribution in [-0.4, -0.2) is 7.05 Å². The fraction of sp³-hybridized carbons (Fsp3) is 0.733. The molecule has 16 heavy (non-hydrogen) atoms. The van der Waals surface area contributed by atoms with Gasteiger partial charge in [-0.25, -0.2) is 0 Å². The van der Waals surface area contributed by atoms with Gasteiger partial charge in [-0.05, 0) is 30.6 Å². The van der Waals surface area contributed by atoms with Gasteiger partial charge in [0.05, 0.1) is 5.41 Å². The van der Waals surface area contributed by atoms with E-state index in [9.17, 15) is 0 Å². The molecule has 90 valence electrons. The Hall–Kier alpha value is -0.900. The molecule has 0 aromatic heterocycles. The van der Waals surface area contributed by atoms with E-state index in [4.69, 9.17) is 0 Å². The van der Waals surface area contributed by atoms with Gasteiger partial charge < -0.3 is 5.32 Å². The molecule has 1 aliphatic carbocycles. The lowest BCUT2D eigenvalue weighted by Gasteiger charge is -2.11. The van der Waals surface area contributed by atoms with Gasteiger partial charge in [-0.1, -0.05) is 45.8 Å². The van der Waals surface area contributed by atoms with Crippen LogP contribution in [0.2, 0.25) is 0 Å². The van der Waals surface area contributed by atoms with Crippen LogP contribution in [0.15, 0.2) is 12.2 Å². The molecule has 1 nitrogen and oxygen atoms in total. The minimum absolute atomic E-state index is 0.0909. The van der Waals surface area contributed by atoms with Crippen molar-refractivity contribution < 1.29 is 0 Å². The summed E-state index contributed by atoms with van der Waals surface area (Å²) in [5, 5.41) is 2.95. The average Bonchev–Trinajstić information content (AvgIpc) is 2.77. The molecular formula is C15H25N. The maximum Gasteiger partial charge on any atom is 0.0605 e. The fourth-order valence-corrected chi connectivity index (χ4v) is 3.51. The third-order valence-electron chi connectivity index (χ3n) is 4.26. The van der Waals surface area contributed by atoms with E-state index in [0.29, 0.717) is 17.3 Å². The lowest BCUT2D eigenvalue weighted by molar-refractivity contribution is 0.408. The van der Waals surface area contributed by atoms with Crippen LogP contribution in [0.1, 0.15) is 41.0 Å². The van der Waals surface area contributed by atoms with Crippen LogP contribution in [-0.2, 0) is 0 Å².